The van der Waals surface area contributed by atoms with E-state index in [1.807, 2.05) is 0 Å². The topological polar surface area (TPSA) is 16.4 Å². The number of nitrogens with zero attached hydrogens (tertiary/aromatic N) is 1. The average molecular weight is 822 g/mol. The van der Waals surface area contributed by atoms with E-state index in [0.29, 0.717) is 0 Å². The summed E-state index contributed by atoms with van der Waals surface area (Å²) in [5, 5.41) is 7.63. The van der Waals surface area contributed by atoms with E-state index in [2.05, 4.69) is 266 Å². The molecule has 2 nitrogen and oxygen atoms in total. The van der Waals surface area contributed by atoms with E-state index < -0.39 is 8.07 Å². The maximum absolute atomic E-state index is 7.03. The minimum atomic E-state index is -2.63. The van der Waals surface area contributed by atoms with Gasteiger partial charge in [-0.3, -0.25) is 0 Å². The van der Waals surface area contributed by atoms with Crippen molar-refractivity contribution in [1.29, 1.82) is 0 Å². The fraction of sp³-hybridized carbons (Fsp3) is 0. The second kappa shape index (κ2) is 16.5. The Morgan fingerprint density at radius 2 is 0.667 bits per heavy atom. The molecular weight excluding hydrogens is 779 g/mol. The molecule has 0 aliphatic carbocycles. The van der Waals surface area contributed by atoms with E-state index in [0.717, 1.165) is 66.8 Å². The SMILES string of the molecule is c1ccc(-c2ccccc2N(c2ccc(-c3ccc([Si](c4ccccc4)(c4ccccc4)c4ccccc4)cc3)cc2)c2cccc3c2oc2c(-c4ccccc4)cccc23)cc1. The van der Waals surface area contributed by atoms with Crippen LogP contribution < -0.4 is 25.6 Å². The molecule has 0 bridgehead atoms. The minimum absolute atomic E-state index is 0.848. The molecule has 3 heteroatoms. The van der Waals surface area contributed by atoms with Gasteiger partial charge in [0, 0.05) is 27.6 Å². The molecule has 11 rings (SSSR count). The van der Waals surface area contributed by atoms with Crippen LogP contribution in [0.25, 0.3) is 55.3 Å². The van der Waals surface area contributed by atoms with E-state index in [-0.39, 0.29) is 0 Å². The van der Waals surface area contributed by atoms with Crippen LogP contribution in [-0.2, 0) is 0 Å². The maximum Gasteiger partial charge on any atom is 0.179 e. The lowest BCUT2D eigenvalue weighted by Gasteiger charge is -2.34. The first-order chi connectivity index (χ1) is 31.3. The van der Waals surface area contributed by atoms with Gasteiger partial charge in [-0.25, -0.2) is 0 Å². The molecule has 0 saturated carbocycles. The third-order valence-electron chi connectivity index (χ3n) is 12.5. The Bertz CT molecular complexity index is 3200. The Morgan fingerprint density at radius 1 is 0.270 bits per heavy atom. The zero-order valence-electron chi connectivity index (χ0n) is 34.7. The Morgan fingerprint density at radius 3 is 1.22 bits per heavy atom. The fourth-order valence-electron chi connectivity index (χ4n) is 9.54. The number of hydrogen-bond acceptors (Lipinski definition) is 2. The summed E-state index contributed by atoms with van der Waals surface area (Å²) < 4.78 is 7.03. The quantitative estimate of drug-likeness (QED) is 0.101. The number of para-hydroxylation sites is 3. The predicted molar refractivity (Wildman–Crippen MR) is 268 cm³/mol. The van der Waals surface area contributed by atoms with Crippen molar-refractivity contribution in [3.63, 3.8) is 0 Å². The molecule has 0 aliphatic rings. The van der Waals surface area contributed by atoms with Gasteiger partial charge in [-0.1, -0.05) is 237 Å². The van der Waals surface area contributed by atoms with Crippen LogP contribution in [0, 0.1) is 0 Å². The number of hydrogen-bond donors (Lipinski definition) is 0. The molecule has 0 unspecified atom stereocenters. The van der Waals surface area contributed by atoms with Crippen LogP contribution in [0.4, 0.5) is 17.1 Å². The van der Waals surface area contributed by atoms with Crippen LogP contribution in [0.2, 0.25) is 0 Å². The number of furan rings is 1. The summed E-state index contributed by atoms with van der Waals surface area (Å²) >= 11 is 0. The number of anilines is 3. The number of rotatable bonds is 10. The van der Waals surface area contributed by atoms with Crippen LogP contribution in [0.1, 0.15) is 0 Å². The van der Waals surface area contributed by atoms with E-state index in [1.54, 1.807) is 0 Å². The molecule has 0 fully saturated rings. The summed E-state index contributed by atoms with van der Waals surface area (Å²) in [6.45, 7) is 0. The lowest BCUT2D eigenvalue weighted by molar-refractivity contribution is 0.670. The minimum Gasteiger partial charge on any atom is -0.453 e. The highest BCUT2D eigenvalue weighted by atomic mass is 28.3. The first-order valence-electron chi connectivity index (χ1n) is 21.6. The van der Waals surface area contributed by atoms with Gasteiger partial charge in [-0.05, 0) is 67.3 Å². The van der Waals surface area contributed by atoms with Crippen molar-refractivity contribution in [3.8, 4) is 33.4 Å². The molecule has 0 amide bonds. The summed E-state index contributed by atoms with van der Waals surface area (Å²) in [6.07, 6.45) is 0. The summed E-state index contributed by atoms with van der Waals surface area (Å²) in [5.41, 5.74) is 11.7. The summed E-state index contributed by atoms with van der Waals surface area (Å²) in [6, 6.07) is 94.5. The molecule has 0 N–H and O–H groups in total. The number of benzene rings is 10. The van der Waals surface area contributed by atoms with Crippen molar-refractivity contribution in [2.75, 3.05) is 4.90 Å². The summed E-state index contributed by atoms with van der Waals surface area (Å²) in [5.74, 6) is 0. The van der Waals surface area contributed by atoms with Crippen LogP contribution in [0.5, 0.6) is 0 Å². The van der Waals surface area contributed by atoms with Gasteiger partial charge in [0.05, 0.1) is 11.4 Å². The van der Waals surface area contributed by atoms with Crippen molar-refractivity contribution in [2.45, 2.75) is 0 Å². The second-order valence-corrected chi connectivity index (χ2v) is 19.8. The molecule has 0 radical (unpaired) electrons. The molecule has 0 spiro atoms. The Hall–Kier alpha value is -7.98. The Balaban J connectivity index is 1.04. The normalized spacial score (nSPS) is 11.5. The van der Waals surface area contributed by atoms with E-state index >= 15 is 0 Å². The molecule has 298 valence electrons. The van der Waals surface area contributed by atoms with Gasteiger partial charge in [0.25, 0.3) is 0 Å². The molecule has 11 aromatic rings. The molecule has 0 atom stereocenters. The predicted octanol–water partition coefficient (Wildman–Crippen LogP) is 13.4. The average Bonchev–Trinajstić information content (AvgIpc) is 3.76. The van der Waals surface area contributed by atoms with Crippen LogP contribution in [-0.4, -0.2) is 8.07 Å². The van der Waals surface area contributed by atoms with E-state index in [1.165, 1.54) is 26.3 Å². The lowest BCUT2D eigenvalue weighted by atomic mass is 10.0. The van der Waals surface area contributed by atoms with Crippen molar-refractivity contribution in [3.05, 3.63) is 261 Å². The van der Waals surface area contributed by atoms with E-state index in [9.17, 15) is 0 Å². The molecule has 0 aliphatic heterocycles. The number of fused-ring (bicyclic) bond motifs is 3. The van der Waals surface area contributed by atoms with Crippen molar-refractivity contribution >= 4 is 67.8 Å². The van der Waals surface area contributed by atoms with Crippen molar-refractivity contribution in [2.24, 2.45) is 0 Å². The first-order valence-corrected chi connectivity index (χ1v) is 23.6. The first kappa shape index (κ1) is 38.0. The molecule has 0 saturated heterocycles. The Labute approximate surface area is 369 Å². The smallest absolute Gasteiger partial charge is 0.179 e. The molecule has 1 heterocycles. The highest BCUT2D eigenvalue weighted by molar-refractivity contribution is 7.19. The van der Waals surface area contributed by atoms with Crippen LogP contribution >= 0.6 is 0 Å². The maximum atomic E-state index is 7.03. The third kappa shape index (κ3) is 6.76. The molecular formula is C60H43NOSi. The van der Waals surface area contributed by atoms with Gasteiger partial charge in [0.2, 0.25) is 0 Å². The highest BCUT2D eigenvalue weighted by Crippen LogP contribution is 2.46. The van der Waals surface area contributed by atoms with Gasteiger partial charge in [0.15, 0.2) is 13.7 Å². The van der Waals surface area contributed by atoms with Crippen molar-refractivity contribution < 1.29 is 4.42 Å². The highest BCUT2D eigenvalue weighted by Gasteiger charge is 2.41. The van der Waals surface area contributed by atoms with Gasteiger partial charge >= 0.3 is 0 Å². The zero-order chi connectivity index (χ0) is 42.0. The van der Waals surface area contributed by atoms with E-state index in [4.69, 9.17) is 4.42 Å². The van der Waals surface area contributed by atoms with Crippen LogP contribution in [0.15, 0.2) is 265 Å². The standard InChI is InChI=1S/C60H43NOSi/c1-6-20-46(21-7-1)53-30-16-17-34-57(53)61(58-35-19-33-56-55-32-18-31-54(59(55)62-60(56)58)47-22-8-2-9-23-47)48-40-36-44(37-41-48)45-38-42-52(43-39-45)63(49-24-10-3-11-25-49,50-26-12-4-13-27-50)51-28-14-5-15-29-51/h1-43H. The fourth-order valence-corrected chi connectivity index (χ4v) is 14.3. The molecule has 10 aromatic carbocycles. The van der Waals surface area contributed by atoms with Gasteiger partial charge < -0.3 is 9.32 Å². The van der Waals surface area contributed by atoms with Crippen molar-refractivity contribution in [1.82, 2.24) is 0 Å². The lowest BCUT2D eigenvalue weighted by Crippen LogP contribution is -2.74. The van der Waals surface area contributed by atoms with Gasteiger partial charge in [-0.15, -0.1) is 0 Å². The Kier molecular flexibility index (Phi) is 9.93. The monoisotopic (exact) mass is 821 g/mol. The third-order valence-corrected chi connectivity index (χ3v) is 17.3. The second-order valence-electron chi connectivity index (χ2n) is 16.0. The largest absolute Gasteiger partial charge is 0.453 e. The molecule has 1 aromatic heterocycles. The summed E-state index contributed by atoms with van der Waals surface area (Å²) in [7, 11) is -2.63. The van der Waals surface area contributed by atoms with Crippen LogP contribution in [0.3, 0.4) is 0 Å². The molecule has 63 heavy (non-hydrogen) atoms. The van der Waals surface area contributed by atoms with Gasteiger partial charge in [-0.2, -0.15) is 0 Å². The zero-order valence-corrected chi connectivity index (χ0v) is 35.7. The summed E-state index contributed by atoms with van der Waals surface area (Å²) in [4.78, 5) is 2.36. The van der Waals surface area contributed by atoms with Gasteiger partial charge in [0.1, 0.15) is 5.58 Å².